The summed E-state index contributed by atoms with van der Waals surface area (Å²) in [5, 5.41) is 3.98. The third-order valence-electron chi connectivity index (χ3n) is 5.46. The largest absolute Gasteiger partial charge is 0.340 e. The quantitative estimate of drug-likeness (QED) is 0.816. The number of nitrogens with zero attached hydrogens (tertiary/aromatic N) is 3. The van der Waals surface area contributed by atoms with Crippen molar-refractivity contribution in [3.8, 4) is 0 Å². The number of anilines is 1. The van der Waals surface area contributed by atoms with Gasteiger partial charge >= 0.3 is 0 Å². The molecule has 1 atom stereocenters. The number of benzene rings is 1. The second kappa shape index (κ2) is 6.49. The van der Waals surface area contributed by atoms with Gasteiger partial charge in [-0.1, -0.05) is 12.1 Å². The number of hydrogen-bond acceptors (Lipinski definition) is 4. The highest BCUT2D eigenvalue weighted by Gasteiger charge is 2.53. The minimum atomic E-state index is -0.804. The molecular weight excluding hydrogens is 362 g/mol. The number of rotatable bonds is 4. The molecule has 2 aliphatic rings. The number of thiophene rings is 1. The molecule has 6 nitrogen and oxygen atoms in total. The molecule has 1 aromatic carbocycles. The number of carbonyl (C=O) groups is 3. The second-order valence-corrected chi connectivity index (χ2v) is 8.02. The molecule has 1 fully saturated rings. The molecule has 0 radical (unpaired) electrons. The van der Waals surface area contributed by atoms with E-state index in [1.165, 1.54) is 0 Å². The van der Waals surface area contributed by atoms with Gasteiger partial charge in [0.15, 0.2) is 0 Å². The van der Waals surface area contributed by atoms with Crippen LogP contribution in [0.15, 0.2) is 41.1 Å². The van der Waals surface area contributed by atoms with Crippen LogP contribution in [0.3, 0.4) is 0 Å². The smallest absolute Gasteiger partial charge is 0.258 e. The van der Waals surface area contributed by atoms with Gasteiger partial charge in [-0.05, 0) is 47.9 Å². The molecule has 0 unspecified atom stereocenters. The summed E-state index contributed by atoms with van der Waals surface area (Å²) in [6, 6.07) is 9.11. The summed E-state index contributed by atoms with van der Waals surface area (Å²) in [6.45, 7) is 2.33. The molecule has 27 heavy (non-hydrogen) atoms. The van der Waals surface area contributed by atoms with Crippen molar-refractivity contribution >= 4 is 34.7 Å². The molecule has 4 rings (SSSR count). The summed E-state index contributed by atoms with van der Waals surface area (Å²) in [5.74, 6) is -0.354. The van der Waals surface area contributed by atoms with Gasteiger partial charge in [0.05, 0.1) is 11.3 Å². The van der Waals surface area contributed by atoms with E-state index in [4.69, 9.17) is 0 Å². The van der Waals surface area contributed by atoms with E-state index in [-0.39, 0.29) is 24.3 Å². The Morgan fingerprint density at radius 1 is 1.26 bits per heavy atom. The molecule has 1 aromatic heterocycles. The van der Waals surface area contributed by atoms with E-state index in [9.17, 15) is 14.4 Å². The zero-order valence-corrected chi connectivity index (χ0v) is 16.2. The van der Waals surface area contributed by atoms with Crippen molar-refractivity contribution in [3.05, 3.63) is 52.2 Å². The summed E-state index contributed by atoms with van der Waals surface area (Å²) in [5.41, 5.74) is 1.37. The molecule has 0 aliphatic carbocycles. The Balaban J connectivity index is 1.63. The Kier molecular flexibility index (Phi) is 4.26. The van der Waals surface area contributed by atoms with Gasteiger partial charge in [-0.25, -0.2) is 0 Å². The van der Waals surface area contributed by atoms with E-state index in [2.05, 4.69) is 0 Å². The molecule has 0 N–H and O–H groups in total. The third kappa shape index (κ3) is 2.82. The van der Waals surface area contributed by atoms with E-state index in [1.807, 2.05) is 29.8 Å². The molecule has 3 heterocycles. The van der Waals surface area contributed by atoms with Crippen molar-refractivity contribution in [2.24, 2.45) is 0 Å². The maximum Gasteiger partial charge on any atom is 0.258 e. The molecule has 7 heteroatoms. The van der Waals surface area contributed by atoms with E-state index >= 15 is 0 Å². The normalized spacial score (nSPS) is 21.3. The van der Waals surface area contributed by atoms with Crippen molar-refractivity contribution in [1.82, 2.24) is 9.80 Å². The molecule has 3 amide bonds. The lowest BCUT2D eigenvalue weighted by Gasteiger charge is -2.48. The Hall–Kier alpha value is -2.67. The fourth-order valence-electron chi connectivity index (χ4n) is 3.94. The van der Waals surface area contributed by atoms with Crippen molar-refractivity contribution < 1.29 is 14.4 Å². The predicted octanol–water partition coefficient (Wildman–Crippen LogP) is 2.71. The SMILES string of the molecule is CN(Cc1ccsc1)C(=O)CN1C(=O)c2ccccc2N2C(=O)CC[C@]12C. The van der Waals surface area contributed by atoms with Gasteiger partial charge in [-0.15, -0.1) is 0 Å². The average molecular weight is 383 g/mol. The Morgan fingerprint density at radius 2 is 2.04 bits per heavy atom. The third-order valence-corrected chi connectivity index (χ3v) is 6.20. The molecule has 2 aromatic rings. The first kappa shape index (κ1) is 17.7. The van der Waals surface area contributed by atoms with E-state index in [0.29, 0.717) is 30.6 Å². The highest BCUT2D eigenvalue weighted by molar-refractivity contribution is 7.07. The van der Waals surface area contributed by atoms with Crippen LogP contribution in [0.5, 0.6) is 0 Å². The fourth-order valence-corrected chi connectivity index (χ4v) is 4.60. The summed E-state index contributed by atoms with van der Waals surface area (Å²) in [4.78, 5) is 43.4. The molecule has 0 bridgehead atoms. The summed E-state index contributed by atoms with van der Waals surface area (Å²) >= 11 is 1.59. The van der Waals surface area contributed by atoms with Gasteiger partial charge in [0.25, 0.3) is 5.91 Å². The average Bonchev–Trinajstić information content (AvgIpc) is 3.27. The van der Waals surface area contributed by atoms with Crippen LogP contribution in [-0.2, 0) is 16.1 Å². The number of hydrogen-bond donors (Lipinski definition) is 0. The van der Waals surface area contributed by atoms with Gasteiger partial charge < -0.3 is 9.80 Å². The second-order valence-electron chi connectivity index (χ2n) is 7.24. The highest BCUT2D eigenvalue weighted by atomic mass is 32.1. The van der Waals surface area contributed by atoms with Crippen molar-refractivity contribution in [2.75, 3.05) is 18.5 Å². The maximum atomic E-state index is 13.2. The van der Waals surface area contributed by atoms with E-state index in [1.54, 1.807) is 51.3 Å². The number of para-hydroxylation sites is 1. The molecule has 0 spiro atoms. The summed E-state index contributed by atoms with van der Waals surface area (Å²) in [7, 11) is 1.74. The topological polar surface area (TPSA) is 60.9 Å². The standard InChI is InChI=1S/C20H21N3O3S/c1-20-9-7-17(24)23(20)16-6-4-3-5-15(16)19(26)22(20)12-18(25)21(2)11-14-8-10-27-13-14/h3-6,8,10,13H,7,9,11-12H2,1-2H3/t20-/m1/s1. The van der Waals surface area contributed by atoms with Gasteiger partial charge in [0.1, 0.15) is 12.2 Å². The Labute approximate surface area is 162 Å². The molecule has 0 saturated carbocycles. The number of likely N-dealkylation sites (N-methyl/N-ethyl adjacent to an activating group) is 1. The van der Waals surface area contributed by atoms with Crippen LogP contribution in [0, 0.1) is 0 Å². The molecular formula is C20H21N3O3S. The lowest BCUT2D eigenvalue weighted by Crippen LogP contribution is -2.63. The molecule has 140 valence electrons. The Bertz CT molecular complexity index is 911. The number of amides is 3. The van der Waals surface area contributed by atoms with Crippen LogP contribution in [0.25, 0.3) is 0 Å². The number of fused-ring (bicyclic) bond motifs is 3. The van der Waals surface area contributed by atoms with Crippen molar-refractivity contribution in [2.45, 2.75) is 32.0 Å². The maximum absolute atomic E-state index is 13.2. The van der Waals surface area contributed by atoms with Crippen molar-refractivity contribution in [3.63, 3.8) is 0 Å². The highest BCUT2D eigenvalue weighted by Crippen LogP contribution is 2.43. The van der Waals surface area contributed by atoms with Gasteiger partial charge in [0.2, 0.25) is 11.8 Å². The van der Waals surface area contributed by atoms with Gasteiger partial charge in [-0.3, -0.25) is 19.3 Å². The minimum absolute atomic E-state index is 0.0125. The van der Waals surface area contributed by atoms with E-state index < -0.39 is 5.66 Å². The molecule has 1 saturated heterocycles. The molecule has 2 aliphatic heterocycles. The van der Waals surface area contributed by atoms with Crippen LogP contribution in [-0.4, -0.2) is 46.8 Å². The van der Waals surface area contributed by atoms with Crippen molar-refractivity contribution in [1.29, 1.82) is 0 Å². The van der Waals surface area contributed by atoms with Crippen LogP contribution in [0.4, 0.5) is 5.69 Å². The first-order chi connectivity index (χ1) is 12.9. The predicted molar refractivity (Wildman–Crippen MR) is 103 cm³/mol. The monoisotopic (exact) mass is 383 g/mol. The lowest BCUT2D eigenvalue weighted by atomic mass is 9.98. The van der Waals surface area contributed by atoms with Crippen LogP contribution < -0.4 is 4.90 Å². The van der Waals surface area contributed by atoms with Crippen LogP contribution in [0.2, 0.25) is 0 Å². The van der Waals surface area contributed by atoms with Crippen LogP contribution >= 0.6 is 11.3 Å². The van der Waals surface area contributed by atoms with Gasteiger partial charge in [-0.2, -0.15) is 11.3 Å². The fraction of sp³-hybridized carbons (Fsp3) is 0.350. The zero-order valence-electron chi connectivity index (χ0n) is 15.3. The first-order valence-corrected chi connectivity index (χ1v) is 9.85. The summed E-state index contributed by atoms with van der Waals surface area (Å²) < 4.78 is 0. The lowest BCUT2D eigenvalue weighted by molar-refractivity contribution is -0.132. The summed E-state index contributed by atoms with van der Waals surface area (Å²) in [6.07, 6.45) is 0.890. The first-order valence-electron chi connectivity index (χ1n) is 8.91. The van der Waals surface area contributed by atoms with Crippen LogP contribution in [0.1, 0.15) is 35.7 Å². The van der Waals surface area contributed by atoms with Gasteiger partial charge in [0, 0.05) is 20.0 Å². The van der Waals surface area contributed by atoms with E-state index in [0.717, 1.165) is 5.56 Å². The minimum Gasteiger partial charge on any atom is -0.340 e. The Morgan fingerprint density at radius 3 is 2.78 bits per heavy atom. The number of carbonyl (C=O) groups excluding carboxylic acids is 3. The zero-order chi connectivity index (χ0) is 19.2.